The lowest BCUT2D eigenvalue weighted by Crippen LogP contribution is -2.14. The summed E-state index contributed by atoms with van der Waals surface area (Å²) in [5.41, 5.74) is 3.85. The molecular formula is C32H27F2NO4S. The summed E-state index contributed by atoms with van der Waals surface area (Å²) < 4.78 is 53.4. The number of sulfone groups is 1. The van der Waals surface area contributed by atoms with Crippen LogP contribution in [0.2, 0.25) is 0 Å². The van der Waals surface area contributed by atoms with Crippen molar-refractivity contribution in [1.29, 1.82) is 0 Å². The lowest BCUT2D eigenvalue weighted by atomic mass is 9.91. The standard InChI is InChI=1S/C32H27F2NO4S/c1-2-40(37,38)29-19-10-24(11-20-29)22-31(36)35-27-15-8-23(9-16-27)12-21-30(25-6-4-3-5-7-25)26-13-17-28(18-14-26)39-32(33)34/h3-11,13-20,30,32H,2,22H2,1H3,(H,35,36). The maximum absolute atomic E-state index is 12.5. The van der Waals surface area contributed by atoms with E-state index >= 15 is 0 Å². The largest absolute Gasteiger partial charge is 0.435 e. The quantitative estimate of drug-likeness (QED) is 0.239. The molecule has 0 aliphatic carbocycles. The van der Waals surface area contributed by atoms with Gasteiger partial charge >= 0.3 is 6.61 Å². The molecule has 0 spiro atoms. The first kappa shape index (κ1) is 28.5. The van der Waals surface area contributed by atoms with Gasteiger partial charge in [-0.25, -0.2) is 8.42 Å². The number of carbonyl (C=O) groups is 1. The third-order valence-corrected chi connectivity index (χ3v) is 7.88. The van der Waals surface area contributed by atoms with E-state index in [-0.39, 0.29) is 34.6 Å². The van der Waals surface area contributed by atoms with Crippen molar-refractivity contribution in [3.05, 3.63) is 125 Å². The summed E-state index contributed by atoms with van der Waals surface area (Å²) in [7, 11) is -3.29. The van der Waals surface area contributed by atoms with Crippen molar-refractivity contribution < 1.29 is 26.7 Å². The predicted octanol–water partition coefficient (Wildman–Crippen LogP) is 6.45. The number of hydrogen-bond donors (Lipinski definition) is 1. The van der Waals surface area contributed by atoms with Crippen LogP contribution in [0, 0.1) is 11.8 Å². The van der Waals surface area contributed by atoms with E-state index in [1.165, 1.54) is 24.3 Å². The van der Waals surface area contributed by atoms with Crippen molar-refractivity contribution in [2.24, 2.45) is 0 Å². The highest BCUT2D eigenvalue weighted by atomic mass is 32.2. The highest BCUT2D eigenvalue weighted by Gasteiger charge is 2.13. The predicted molar refractivity (Wildman–Crippen MR) is 151 cm³/mol. The number of rotatable bonds is 9. The summed E-state index contributed by atoms with van der Waals surface area (Å²) in [5, 5.41) is 2.84. The van der Waals surface area contributed by atoms with Crippen LogP contribution in [-0.4, -0.2) is 26.7 Å². The molecule has 5 nitrogen and oxygen atoms in total. The Bertz CT molecular complexity index is 1590. The molecule has 0 heterocycles. The van der Waals surface area contributed by atoms with Crippen LogP contribution in [0.25, 0.3) is 0 Å². The second-order valence-electron chi connectivity index (χ2n) is 8.91. The van der Waals surface area contributed by atoms with Crippen LogP contribution >= 0.6 is 0 Å². The third-order valence-electron chi connectivity index (χ3n) is 6.13. The van der Waals surface area contributed by atoms with E-state index in [1.807, 2.05) is 30.3 Å². The molecule has 40 heavy (non-hydrogen) atoms. The summed E-state index contributed by atoms with van der Waals surface area (Å²) >= 11 is 0. The van der Waals surface area contributed by atoms with Gasteiger partial charge < -0.3 is 10.1 Å². The van der Waals surface area contributed by atoms with Gasteiger partial charge in [-0.05, 0) is 65.2 Å². The van der Waals surface area contributed by atoms with Gasteiger partial charge in [0.05, 0.1) is 23.0 Å². The fourth-order valence-electron chi connectivity index (χ4n) is 4.01. The molecule has 0 fully saturated rings. The molecule has 4 rings (SSSR count). The Morgan fingerprint density at radius 1 is 0.850 bits per heavy atom. The zero-order valence-electron chi connectivity index (χ0n) is 21.7. The number of alkyl halides is 2. The van der Waals surface area contributed by atoms with Gasteiger partial charge in [0.2, 0.25) is 5.91 Å². The molecule has 1 unspecified atom stereocenters. The van der Waals surface area contributed by atoms with Crippen molar-refractivity contribution in [1.82, 2.24) is 0 Å². The van der Waals surface area contributed by atoms with Crippen LogP contribution in [0.1, 0.15) is 35.1 Å². The monoisotopic (exact) mass is 559 g/mol. The molecule has 4 aromatic carbocycles. The minimum absolute atomic E-state index is 0.0201. The molecule has 0 saturated carbocycles. The van der Waals surface area contributed by atoms with E-state index in [0.717, 1.165) is 16.7 Å². The maximum atomic E-state index is 12.5. The van der Waals surface area contributed by atoms with Gasteiger partial charge in [-0.2, -0.15) is 8.78 Å². The van der Waals surface area contributed by atoms with Crippen LogP contribution in [0.15, 0.2) is 108 Å². The number of nitrogens with one attached hydrogen (secondary N) is 1. The zero-order valence-corrected chi connectivity index (χ0v) is 22.5. The molecular weight excluding hydrogens is 532 g/mol. The lowest BCUT2D eigenvalue weighted by Gasteiger charge is -2.13. The second kappa shape index (κ2) is 13.0. The van der Waals surface area contributed by atoms with Gasteiger partial charge in [-0.1, -0.05) is 73.4 Å². The number of amides is 1. The topological polar surface area (TPSA) is 72.5 Å². The van der Waals surface area contributed by atoms with Crippen molar-refractivity contribution in [3.63, 3.8) is 0 Å². The van der Waals surface area contributed by atoms with Crippen molar-refractivity contribution in [3.8, 4) is 17.6 Å². The molecule has 8 heteroatoms. The normalized spacial score (nSPS) is 11.8. The fourth-order valence-corrected chi connectivity index (χ4v) is 4.89. The van der Waals surface area contributed by atoms with E-state index in [4.69, 9.17) is 0 Å². The lowest BCUT2D eigenvalue weighted by molar-refractivity contribution is -0.115. The molecule has 0 radical (unpaired) electrons. The highest BCUT2D eigenvalue weighted by molar-refractivity contribution is 7.91. The molecule has 1 amide bonds. The first-order valence-corrected chi connectivity index (χ1v) is 14.2. The van der Waals surface area contributed by atoms with Gasteiger partial charge in [-0.15, -0.1) is 0 Å². The van der Waals surface area contributed by atoms with E-state index in [1.54, 1.807) is 55.5 Å². The Morgan fingerprint density at radius 3 is 2.08 bits per heavy atom. The SMILES string of the molecule is CCS(=O)(=O)c1ccc(CC(=O)Nc2ccc(C#CC(c3ccccc3)c3ccc(OC(F)F)cc3)cc2)cc1. The summed E-state index contributed by atoms with van der Waals surface area (Å²) in [5.74, 6) is 6.02. The van der Waals surface area contributed by atoms with Crippen molar-refractivity contribution in [2.75, 3.05) is 11.1 Å². The number of carbonyl (C=O) groups excluding carboxylic acids is 1. The average Bonchev–Trinajstić information content (AvgIpc) is 2.95. The smallest absolute Gasteiger partial charge is 0.387 e. The summed E-state index contributed by atoms with van der Waals surface area (Å²) in [6.45, 7) is -1.30. The van der Waals surface area contributed by atoms with Crippen LogP contribution in [0.3, 0.4) is 0 Å². The minimum Gasteiger partial charge on any atom is -0.435 e. The van der Waals surface area contributed by atoms with Gasteiger partial charge in [0.25, 0.3) is 0 Å². The first-order chi connectivity index (χ1) is 19.2. The van der Waals surface area contributed by atoms with E-state index < -0.39 is 16.4 Å². The molecule has 1 atom stereocenters. The molecule has 204 valence electrons. The Hall–Kier alpha value is -4.48. The van der Waals surface area contributed by atoms with Crippen molar-refractivity contribution in [2.45, 2.75) is 30.8 Å². The van der Waals surface area contributed by atoms with Crippen LogP contribution in [0.5, 0.6) is 5.75 Å². The van der Waals surface area contributed by atoms with Gasteiger partial charge in [-0.3, -0.25) is 4.79 Å². The van der Waals surface area contributed by atoms with E-state index in [0.29, 0.717) is 11.3 Å². The molecule has 0 saturated heterocycles. The first-order valence-electron chi connectivity index (χ1n) is 12.6. The Labute approximate surface area is 232 Å². The molecule has 0 aliphatic rings. The minimum atomic E-state index is -3.29. The molecule has 4 aromatic rings. The maximum Gasteiger partial charge on any atom is 0.387 e. The number of benzene rings is 4. The Balaban J connectivity index is 1.44. The van der Waals surface area contributed by atoms with Gasteiger partial charge in [0.1, 0.15) is 5.75 Å². The highest BCUT2D eigenvalue weighted by Crippen LogP contribution is 2.26. The summed E-state index contributed by atoms with van der Waals surface area (Å²) in [6.07, 6.45) is 0.105. The summed E-state index contributed by atoms with van der Waals surface area (Å²) in [4.78, 5) is 12.7. The number of anilines is 1. The van der Waals surface area contributed by atoms with Gasteiger partial charge in [0, 0.05) is 11.3 Å². The van der Waals surface area contributed by atoms with Crippen molar-refractivity contribution >= 4 is 21.4 Å². The molecule has 0 aromatic heterocycles. The molecule has 0 bridgehead atoms. The number of ether oxygens (including phenoxy) is 1. The van der Waals surface area contributed by atoms with Crippen LogP contribution in [0.4, 0.5) is 14.5 Å². The summed E-state index contributed by atoms with van der Waals surface area (Å²) in [6, 6.07) is 29.5. The van der Waals surface area contributed by atoms with E-state index in [9.17, 15) is 22.0 Å². The third kappa shape index (κ3) is 7.78. The zero-order chi connectivity index (χ0) is 28.5. The van der Waals surface area contributed by atoms with E-state index in [2.05, 4.69) is 21.9 Å². The second-order valence-corrected chi connectivity index (χ2v) is 11.2. The Morgan fingerprint density at radius 2 is 1.48 bits per heavy atom. The molecule has 0 aliphatic heterocycles. The molecule has 1 N–H and O–H groups in total. The van der Waals surface area contributed by atoms with Gasteiger partial charge in [0.15, 0.2) is 9.84 Å². The number of halogens is 2. The average molecular weight is 560 g/mol. The van der Waals surface area contributed by atoms with Crippen LogP contribution < -0.4 is 10.1 Å². The Kier molecular flexibility index (Phi) is 9.31. The number of hydrogen-bond acceptors (Lipinski definition) is 4. The fraction of sp³-hybridized carbons (Fsp3) is 0.156. The van der Waals surface area contributed by atoms with Crippen LogP contribution in [-0.2, 0) is 21.1 Å².